The maximum Gasteiger partial charge on any atom is 0.192 e. The SMILES string of the molecule is CC(C)(C)[Si](C)(C)OC1CC=CC=CC1CCC/C=N/O. The van der Waals surface area contributed by atoms with Gasteiger partial charge in [-0.15, -0.1) is 5.16 Å². The molecule has 0 aromatic rings. The Labute approximate surface area is 130 Å². The summed E-state index contributed by atoms with van der Waals surface area (Å²) in [6, 6.07) is 0. The third-order valence-corrected chi connectivity index (χ3v) is 9.16. The standard InChI is InChI=1S/C17H31NO2Si/c1-17(2,3)21(4,5)20-16-13-8-6-7-11-15(16)12-9-10-14-18-19/h6-8,11,14-16,19H,9-10,12-13H2,1-5H3/b18-14+. The molecule has 1 rings (SSSR count). The van der Waals surface area contributed by atoms with Crippen LogP contribution in [-0.4, -0.2) is 25.8 Å². The Balaban J connectivity index is 2.70. The van der Waals surface area contributed by atoms with Gasteiger partial charge in [-0.05, 0) is 43.8 Å². The minimum atomic E-state index is -1.74. The minimum absolute atomic E-state index is 0.237. The molecular weight excluding hydrogens is 278 g/mol. The van der Waals surface area contributed by atoms with Crippen molar-refractivity contribution in [3.8, 4) is 0 Å². The van der Waals surface area contributed by atoms with Crippen molar-refractivity contribution < 1.29 is 9.63 Å². The molecule has 120 valence electrons. The summed E-state index contributed by atoms with van der Waals surface area (Å²) in [7, 11) is -1.74. The zero-order valence-electron chi connectivity index (χ0n) is 14.2. The fourth-order valence-electron chi connectivity index (χ4n) is 2.27. The number of hydrogen-bond donors (Lipinski definition) is 1. The second-order valence-corrected chi connectivity index (χ2v) is 12.1. The molecule has 0 amide bonds. The van der Waals surface area contributed by atoms with Gasteiger partial charge in [-0.25, -0.2) is 0 Å². The molecule has 0 radical (unpaired) electrons. The molecule has 1 N–H and O–H groups in total. The molecule has 0 aliphatic heterocycles. The number of hydrogen-bond acceptors (Lipinski definition) is 3. The summed E-state index contributed by atoms with van der Waals surface area (Å²) in [6.45, 7) is 11.5. The third kappa shape index (κ3) is 5.79. The van der Waals surface area contributed by atoms with E-state index in [1.165, 1.54) is 0 Å². The average Bonchev–Trinajstić information content (AvgIpc) is 2.58. The van der Waals surface area contributed by atoms with Crippen LogP contribution in [0.3, 0.4) is 0 Å². The van der Waals surface area contributed by atoms with E-state index in [1.807, 2.05) is 0 Å². The highest BCUT2D eigenvalue weighted by Gasteiger charge is 2.40. The van der Waals surface area contributed by atoms with Gasteiger partial charge in [0, 0.05) is 12.1 Å². The molecule has 2 atom stereocenters. The minimum Gasteiger partial charge on any atom is -0.413 e. The second kappa shape index (κ2) is 7.94. The molecule has 3 nitrogen and oxygen atoms in total. The Hall–Kier alpha value is -0.873. The maximum absolute atomic E-state index is 8.47. The predicted octanol–water partition coefficient (Wildman–Crippen LogP) is 5.14. The smallest absolute Gasteiger partial charge is 0.192 e. The van der Waals surface area contributed by atoms with Gasteiger partial charge in [0.25, 0.3) is 0 Å². The first-order valence-electron chi connectivity index (χ1n) is 7.95. The van der Waals surface area contributed by atoms with E-state index in [0.717, 1.165) is 25.7 Å². The van der Waals surface area contributed by atoms with Crippen LogP contribution in [0.15, 0.2) is 29.5 Å². The van der Waals surface area contributed by atoms with E-state index in [-0.39, 0.29) is 11.1 Å². The van der Waals surface area contributed by atoms with E-state index >= 15 is 0 Å². The van der Waals surface area contributed by atoms with E-state index in [2.05, 4.69) is 63.3 Å². The van der Waals surface area contributed by atoms with Crippen LogP contribution in [0, 0.1) is 5.92 Å². The lowest BCUT2D eigenvalue weighted by atomic mass is 9.94. The first-order chi connectivity index (χ1) is 9.78. The van der Waals surface area contributed by atoms with E-state index in [1.54, 1.807) is 6.21 Å². The number of allylic oxidation sites excluding steroid dienone is 2. The molecule has 21 heavy (non-hydrogen) atoms. The lowest BCUT2D eigenvalue weighted by Gasteiger charge is -2.40. The van der Waals surface area contributed by atoms with E-state index in [0.29, 0.717) is 5.92 Å². The van der Waals surface area contributed by atoms with Gasteiger partial charge in [-0.2, -0.15) is 0 Å². The Morgan fingerprint density at radius 3 is 2.67 bits per heavy atom. The summed E-state index contributed by atoms with van der Waals surface area (Å²) in [4.78, 5) is 0. The van der Waals surface area contributed by atoms with Gasteiger partial charge < -0.3 is 9.63 Å². The zero-order chi connectivity index (χ0) is 15.9. The molecule has 1 aliphatic rings. The van der Waals surface area contributed by atoms with Gasteiger partial charge in [-0.3, -0.25) is 0 Å². The first-order valence-corrected chi connectivity index (χ1v) is 10.9. The van der Waals surface area contributed by atoms with Crippen LogP contribution in [0.25, 0.3) is 0 Å². The Morgan fingerprint density at radius 1 is 1.33 bits per heavy atom. The lowest BCUT2D eigenvalue weighted by molar-refractivity contribution is 0.136. The molecule has 2 unspecified atom stereocenters. The van der Waals surface area contributed by atoms with E-state index in [4.69, 9.17) is 9.63 Å². The number of unbranched alkanes of at least 4 members (excludes halogenated alkanes) is 1. The van der Waals surface area contributed by atoms with Crippen molar-refractivity contribution in [3.63, 3.8) is 0 Å². The predicted molar refractivity (Wildman–Crippen MR) is 92.6 cm³/mol. The maximum atomic E-state index is 8.47. The normalized spacial score (nSPS) is 23.7. The highest BCUT2D eigenvalue weighted by atomic mass is 28.4. The first kappa shape index (κ1) is 18.2. The third-order valence-electron chi connectivity index (χ3n) is 4.66. The highest BCUT2D eigenvalue weighted by molar-refractivity contribution is 6.74. The molecule has 0 fully saturated rings. The van der Waals surface area contributed by atoms with Crippen LogP contribution >= 0.6 is 0 Å². The fraction of sp³-hybridized carbons (Fsp3) is 0.706. The Kier molecular flexibility index (Phi) is 6.88. The Bertz CT molecular complexity index is 394. The van der Waals surface area contributed by atoms with Crippen molar-refractivity contribution in [1.82, 2.24) is 0 Å². The van der Waals surface area contributed by atoms with Crippen LogP contribution < -0.4 is 0 Å². The summed E-state index contributed by atoms with van der Waals surface area (Å²) >= 11 is 0. The van der Waals surface area contributed by atoms with Crippen LogP contribution in [-0.2, 0) is 4.43 Å². The number of nitrogens with zero attached hydrogens (tertiary/aromatic N) is 1. The molecule has 0 heterocycles. The van der Waals surface area contributed by atoms with Crippen molar-refractivity contribution in [2.24, 2.45) is 11.1 Å². The molecule has 0 aromatic heterocycles. The molecule has 1 aliphatic carbocycles. The molecule has 0 saturated heterocycles. The number of rotatable bonds is 6. The second-order valence-electron chi connectivity index (χ2n) is 7.36. The lowest BCUT2D eigenvalue weighted by Crippen LogP contribution is -2.45. The van der Waals surface area contributed by atoms with Gasteiger partial charge in [0.15, 0.2) is 8.32 Å². The zero-order valence-corrected chi connectivity index (χ0v) is 15.2. The quantitative estimate of drug-likeness (QED) is 0.243. The van der Waals surface area contributed by atoms with E-state index in [9.17, 15) is 0 Å². The fourth-order valence-corrected chi connectivity index (χ4v) is 3.65. The summed E-state index contributed by atoms with van der Waals surface area (Å²) in [5.74, 6) is 0.446. The van der Waals surface area contributed by atoms with Crippen molar-refractivity contribution in [2.75, 3.05) is 0 Å². The average molecular weight is 310 g/mol. The van der Waals surface area contributed by atoms with Gasteiger partial charge in [0.05, 0.1) is 6.10 Å². The molecule has 0 spiro atoms. The molecule has 0 bridgehead atoms. The largest absolute Gasteiger partial charge is 0.413 e. The van der Waals surface area contributed by atoms with Gasteiger partial charge in [0.2, 0.25) is 0 Å². The molecule has 0 saturated carbocycles. The Morgan fingerprint density at radius 2 is 2.05 bits per heavy atom. The number of oxime groups is 1. The summed E-state index contributed by atoms with van der Waals surface area (Å²) in [5.41, 5.74) is 0. The van der Waals surface area contributed by atoms with Gasteiger partial charge in [-0.1, -0.05) is 45.1 Å². The van der Waals surface area contributed by atoms with E-state index < -0.39 is 8.32 Å². The van der Waals surface area contributed by atoms with Crippen LogP contribution in [0.2, 0.25) is 18.1 Å². The van der Waals surface area contributed by atoms with Crippen molar-refractivity contribution >= 4 is 14.5 Å². The van der Waals surface area contributed by atoms with Crippen molar-refractivity contribution in [1.29, 1.82) is 0 Å². The summed E-state index contributed by atoms with van der Waals surface area (Å²) < 4.78 is 6.65. The molecular formula is C17H31NO2Si. The van der Waals surface area contributed by atoms with Crippen molar-refractivity contribution in [2.45, 2.75) is 70.7 Å². The highest BCUT2D eigenvalue weighted by Crippen LogP contribution is 2.39. The van der Waals surface area contributed by atoms with Crippen LogP contribution in [0.4, 0.5) is 0 Å². The molecule has 4 heteroatoms. The van der Waals surface area contributed by atoms with Crippen LogP contribution in [0.1, 0.15) is 46.5 Å². The van der Waals surface area contributed by atoms with Crippen LogP contribution in [0.5, 0.6) is 0 Å². The summed E-state index contributed by atoms with van der Waals surface area (Å²) in [5, 5.41) is 11.8. The van der Waals surface area contributed by atoms with Gasteiger partial charge in [0.1, 0.15) is 0 Å². The van der Waals surface area contributed by atoms with Crippen molar-refractivity contribution in [3.05, 3.63) is 24.3 Å². The summed E-state index contributed by atoms with van der Waals surface area (Å²) in [6.07, 6.45) is 14.5. The monoisotopic (exact) mass is 309 g/mol. The topological polar surface area (TPSA) is 41.8 Å². The van der Waals surface area contributed by atoms with Gasteiger partial charge >= 0.3 is 0 Å². The molecule has 0 aromatic carbocycles.